The van der Waals surface area contributed by atoms with Crippen LogP contribution in [0, 0.1) is 5.82 Å². The lowest BCUT2D eigenvalue weighted by molar-refractivity contribution is -0.128. The predicted octanol–water partition coefficient (Wildman–Crippen LogP) is 3.54. The largest absolute Gasteiger partial charge is 0.507 e. The number of amides is 2. The zero-order chi connectivity index (χ0) is 28.3. The van der Waals surface area contributed by atoms with Gasteiger partial charge in [-0.3, -0.25) is 14.5 Å². The number of halogens is 2. The minimum atomic E-state index is -0.685. The van der Waals surface area contributed by atoms with Gasteiger partial charge in [-0.15, -0.1) is 0 Å². The van der Waals surface area contributed by atoms with Gasteiger partial charge < -0.3 is 24.5 Å². The Kier molecular flexibility index (Phi) is 6.65. The highest BCUT2D eigenvalue weighted by Crippen LogP contribution is 2.48. The molecular formula is C29H33ClFN5O4. The molecule has 4 aliphatic rings. The summed E-state index contributed by atoms with van der Waals surface area (Å²) in [6.07, 6.45) is 3.29. The molecule has 0 spiro atoms. The molecule has 3 fully saturated rings. The van der Waals surface area contributed by atoms with Crippen molar-refractivity contribution in [1.82, 2.24) is 19.7 Å². The third kappa shape index (κ3) is 4.28. The summed E-state index contributed by atoms with van der Waals surface area (Å²) in [5, 5.41) is 10.6. The second-order valence-corrected chi connectivity index (χ2v) is 11.9. The Hall–Kier alpha value is -3.37. The van der Waals surface area contributed by atoms with Crippen LogP contribution in [-0.4, -0.2) is 100 Å². The van der Waals surface area contributed by atoms with E-state index in [4.69, 9.17) is 21.3 Å². The number of hydrogen-bond acceptors (Lipinski definition) is 7. The maximum atomic E-state index is 15.1. The van der Waals surface area contributed by atoms with E-state index >= 15 is 4.39 Å². The van der Waals surface area contributed by atoms with Crippen LogP contribution in [0.3, 0.4) is 0 Å². The number of benzene rings is 1. The van der Waals surface area contributed by atoms with Gasteiger partial charge in [-0.1, -0.05) is 24.2 Å². The molecule has 2 aromatic rings. The highest BCUT2D eigenvalue weighted by atomic mass is 35.5. The summed E-state index contributed by atoms with van der Waals surface area (Å²) < 4.78 is 21.4. The van der Waals surface area contributed by atoms with Crippen LogP contribution >= 0.6 is 11.6 Å². The average Bonchev–Trinajstić information content (AvgIpc) is 3.11. The van der Waals surface area contributed by atoms with E-state index in [1.165, 1.54) is 24.3 Å². The van der Waals surface area contributed by atoms with Gasteiger partial charge >= 0.3 is 0 Å². The molecule has 6 rings (SSSR count). The summed E-state index contributed by atoms with van der Waals surface area (Å²) in [4.78, 5) is 39.4. The lowest BCUT2D eigenvalue weighted by atomic mass is 9.97. The molecular weight excluding hydrogens is 537 g/mol. The van der Waals surface area contributed by atoms with E-state index in [1.807, 2.05) is 0 Å². The van der Waals surface area contributed by atoms with Crippen LogP contribution in [0.5, 0.6) is 11.5 Å². The first-order valence-electron chi connectivity index (χ1n) is 13.7. The number of likely N-dealkylation sites (tertiary alicyclic amines) is 1. The Bertz CT molecular complexity index is 1380. The second-order valence-electron chi connectivity index (χ2n) is 11.6. The van der Waals surface area contributed by atoms with Gasteiger partial charge in [0, 0.05) is 37.8 Å². The highest BCUT2D eigenvalue weighted by molar-refractivity contribution is 6.35. The van der Waals surface area contributed by atoms with E-state index in [0.717, 1.165) is 25.9 Å². The van der Waals surface area contributed by atoms with Crippen LogP contribution in [-0.2, 0) is 4.79 Å². The van der Waals surface area contributed by atoms with Crippen molar-refractivity contribution in [2.24, 2.45) is 0 Å². The van der Waals surface area contributed by atoms with Gasteiger partial charge in [-0.25, -0.2) is 9.37 Å². The van der Waals surface area contributed by atoms with Crippen LogP contribution < -0.4 is 9.64 Å². The quantitative estimate of drug-likeness (QED) is 0.563. The zero-order valence-electron chi connectivity index (χ0n) is 22.7. The van der Waals surface area contributed by atoms with Crippen molar-refractivity contribution in [2.45, 2.75) is 44.3 Å². The van der Waals surface area contributed by atoms with E-state index in [-0.39, 0.29) is 69.9 Å². The lowest BCUT2D eigenvalue weighted by Gasteiger charge is -2.40. The van der Waals surface area contributed by atoms with E-state index in [9.17, 15) is 14.7 Å². The van der Waals surface area contributed by atoms with Crippen molar-refractivity contribution in [1.29, 1.82) is 0 Å². The number of rotatable bonds is 4. The topological polar surface area (TPSA) is 89.5 Å². The molecule has 0 saturated carbocycles. The Morgan fingerprint density at radius 2 is 1.98 bits per heavy atom. The number of phenolic OH excluding ortho intramolecular Hbond substituents is 1. The van der Waals surface area contributed by atoms with Crippen molar-refractivity contribution in [3.63, 3.8) is 0 Å². The first-order valence-corrected chi connectivity index (χ1v) is 14.1. The number of ether oxygens (including phenoxy) is 1. The van der Waals surface area contributed by atoms with E-state index in [1.54, 1.807) is 9.80 Å². The number of aromatic nitrogens is 1. The van der Waals surface area contributed by atoms with Crippen LogP contribution in [0.4, 0.5) is 10.2 Å². The van der Waals surface area contributed by atoms with E-state index < -0.39 is 11.9 Å². The minimum absolute atomic E-state index is 0.0188. The van der Waals surface area contributed by atoms with Crippen LogP contribution in [0.1, 0.15) is 37.0 Å². The second kappa shape index (κ2) is 9.92. The molecule has 1 N–H and O–H groups in total. The van der Waals surface area contributed by atoms with E-state index in [2.05, 4.69) is 30.2 Å². The number of nitrogens with zero attached hydrogens (tertiary/aromatic N) is 5. The first kappa shape index (κ1) is 26.8. The Morgan fingerprint density at radius 3 is 2.65 bits per heavy atom. The Balaban J connectivity index is 1.50. The third-order valence-electron chi connectivity index (χ3n) is 8.69. The molecule has 212 valence electrons. The number of phenols is 1. The maximum absolute atomic E-state index is 15.1. The number of pyridine rings is 1. The monoisotopic (exact) mass is 569 g/mol. The number of fused-ring (bicyclic) bond motifs is 2. The van der Waals surface area contributed by atoms with Gasteiger partial charge in [-0.2, -0.15) is 0 Å². The fourth-order valence-corrected chi connectivity index (χ4v) is 6.70. The summed E-state index contributed by atoms with van der Waals surface area (Å²) >= 11 is 6.86. The number of aromatic hydroxyl groups is 1. The van der Waals surface area contributed by atoms with Crippen molar-refractivity contribution in [2.75, 3.05) is 50.8 Å². The van der Waals surface area contributed by atoms with Gasteiger partial charge in [-0.05, 0) is 58.0 Å². The normalized spacial score (nSPS) is 24.1. The zero-order valence-corrected chi connectivity index (χ0v) is 23.5. The molecule has 11 heteroatoms. The summed E-state index contributed by atoms with van der Waals surface area (Å²) in [6.45, 7) is 11.6. The van der Waals surface area contributed by atoms with E-state index in [0.29, 0.717) is 25.5 Å². The minimum Gasteiger partial charge on any atom is -0.507 e. The first-order chi connectivity index (χ1) is 19.1. The molecule has 9 nitrogen and oxygen atoms in total. The van der Waals surface area contributed by atoms with Crippen LogP contribution in [0.25, 0.3) is 11.3 Å². The summed E-state index contributed by atoms with van der Waals surface area (Å²) in [5.41, 5.74) is -0.267. The number of carbonyl (C=O) groups excluding carboxylic acids is 2. The Labute approximate surface area is 237 Å². The summed E-state index contributed by atoms with van der Waals surface area (Å²) in [7, 11) is 0. The number of carbonyl (C=O) groups is 2. The van der Waals surface area contributed by atoms with Gasteiger partial charge in [0.15, 0.2) is 5.75 Å². The number of anilines is 1. The molecule has 0 aliphatic carbocycles. The fourth-order valence-electron chi connectivity index (χ4n) is 6.42. The summed E-state index contributed by atoms with van der Waals surface area (Å²) in [6, 6.07) is 3.88. The van der Waals surface area contributed by atoms with Crippen molar-refractivity contribution >= 4 is 29.2 Å². The average molecular weight is 570 g/mol. The lowest BCUT2D eigenvalue weighted by Crippen LogP contribution is -2.57. The molecule has 0 bridgehead atoms. The molecule has 1 aromatic carbocycles. The molecule has 1 unspecified atom stereocenters. The smallest absolute Gasteiger partial charge is 0.261 e. The van der Waals surface area contributed by atoms with Crippen molar-refractivity contribution < 1.29 is 23.8 Å². The SMILES string of the molecule is C=CC(=O)N1CCN2C(=O)c3c(N4CC(N5CCC5)CC4(C)C)nc(-c4c(O)cccc4F)c(Cl)c3OC[C@H]2C1. The molecule has 3 saturated heterocycles. The summed E-state index contributed by atoms with van der Waals surface area (Å²) in [5.74, 6) is -1.01. The number of piperazine rings is 1. The van der Waals surface area contributed by atoms with Gasteiger partial charge in [0.05, 0.1) is 11.6 Å². The fraction of sp³-hybridized carbons (Fsp3) is 0.483. The van der Waals surface area contributed by atoms with Crippen molar-refractivity contribution in [3.05, 3.63) is 47.3 Å². The maximum Gasteiger partial charge on any atom is 0.261 e. The molecule has 40 heavy (non-hydrogen) atoms. The van der Waals surface area contributed by atoms with Gasteiger partial charge in [0.25, 0.3) is 5.91 Å². The molecule has 2 atom stereocenters. The predicted molar refractivity (Wildman–Crippen MR) is 149 cm³/mol. The molecule has 0 radical (unpaired) electrons. The molecule has 2 amide bonds. The molecule has 5 heterocycles. The third-order valence-corrected chi connectivity index (χ3v) is 9.04. The standard InChI is InChI=1S/C29H33ClFN5O4/c1-4-21(38)34-11-12-35-18(14-34)16-40-26-23(28(35)39)27(36-15-17(13-29(36,2)3)33-9-6-10-33)32-25(24(26)30)22-19(31)7-5-8-20(22)37/h4-5,7-8,17-18,37H,1,6,9-16H2,2-3H3/t17?,18-/m1/s1. The van der Waals surface area contributed by atoms with Crippen LogP contribution in [0.15, 0.2) is 30.9 Å². The van der Waals surface area contributed by atoms with Gasteiger partial charge in [0.2, 0.25) is 5.91 Å². The molecule has 4 aliphatic heterocycles. The van der Waals surface area contributed by atoms with Crippen molar-refractivity contribution in [3.8, 4) is 22.8 Å². The van der Waals surface area contributed by atoms with Crippen LogP contribution in [0.2, 0.25) is 5.02 Å². The molecule has 1 aromatic heterocycles. The number of hydrogen-bond donors (Lipinski definition) is 1. The highest BCUT2D eigenvalue weighted by Gasteiger charge is 2.47. The Morgan fingerprint density at radius 1 is 1.20 bits per heavy atom. The van der Waals surface area contributed by atoms with Gasteiger partial charge in [0.1, 0.15) is 40.3 Å².